The molecule has 0 aliphatic carbocycles. The molecule has 1 aliphatic heterocycles. The maximum atomic E-state index is 12.9. The Balaban J connectivity index is 1.54. The minimum Gasteiger partial charge on any atom is -0.316 e. The predicted octanol–water partition coefficient (Wildman–Crippen LogP) is 4.16. The van der Waals surface area contributed by atoms with Crippen molar-refractivity contribution in [3.8, 4) is 11.3 Å². The summed E-state index contributed by atoms with van der Waals surface area (Å²) in [5.74, 6) is 0. The maximum Gasteiger partial charge on any atom is 0.322 e. The van der Waals surface area contributed by atoms with Gasteiger partial charge in [-0.25, -0.2) is 4.79 Å². The molecule has 138 valence electrons. The fourth-order valence-electron chi connectivity index (χ4n) is 3.62. The molecular weight excluding hydrogens is 338 g/mol. The maximum absolute atomic E-state index is 12.9. The van der Waals surface area contributed by atoms with Crippen LogP contribution in [0.15, 0.2) is 54.9 Å². The Labute approximate surface area is 158 Å². The van der Waals surface area contributed by atoms with Crippen LogP contribution < -0.4 is 5.32 Å². The zero-order chi connectivity index (χ0) is 18.8. The number of hydrogen-bond acceptors (Lipinski definition) is 3. The van der Waals surface area contributed by atoms with Gasteiger partial charge < -0.3 is 10.2 Å². The van der Waals surface area contributed by atoms with E-state index in [4.69, 9.17) is 0 Å². The smallest absolute Gasteiger partial charge is 0.316 e. The van der Waals surface area contributed by atoms with Gasteiger partial charge in [-0.1, -0.05) is 12.1 Å². The van der Waals surface area contributed by atoms with Gasteiger partial charge in [-0.3, -0.25) is 9.67 Å². The second kappa shape index (κ2) is 7.23. The van der Waals surface area contributed by atoms with Crippen molar-refractivity contribution < 1.29 is 4.79 Å². The van der Waals surface area contributed by atoms with Crippen LogP contribution >= 0.6 is 0 Å². The summed E-state index contributed by atoms with van der Waals surface area (Å²) < 4.78 is 1.78. The summed E-state index contributed by atoms with van der Waals surface area (Å²) in [6.07, 6.45) is 5.63. The van der Waals surface area contributed by atoms with E-state index in [-0.39, 0.29) is 12.1 Å². The first-order valence-electron chi connectivity index (χ1n) is 9.21. The Kier molecular flexibility index (Phi) is 4.62. The van der Waals surface area contributed by atoms with Crippen LogP contribution in [0, 0.1) is 6.92 Å². The second-order valence-electron chi connectivity index (χ2n) is 6.94. The van der Waals surface area contributed by atoms with Crippen LogP contribution in [-0.2, 0) is 7.05 Å². The minimum atomic E-state index is -0.0843. The first-order valence-corrected chi connectivity index (χ1v) is 9.21. The monoisotopic (exact) mass is 361 g/mol. The molecule has 1 N–H and O–H groups in total. The number of rotatable bonds is 3. The molecule has 1 atom stereocenters. The molecule has 0 bridgehead atoms. The number of aromatic nitrogens is 3. The third kappa shape index (κ3) is 3.56. The molecule has 3 aromatic rings. The van der Waals surface area contributed by atoms with Gasteiger partial charge in [0, 0.05) is 37.2 Å². The Morgan fingerprint density at radius 3 is 2.85 bits per heavy atom. The lowest BCUT2D eigenvalue weighted by molar-refractivity contribution is 0.206. The van der Waals surface area contributed by atoms with E-state index in [1.54, 1.807) is 10.9 Å². The van der Waals surface area contributed by atoms with E-state index in [0.29, 0.717) is 0 Å². The molecular formula is C21H23N5O. The number of likely N-dealkylation sites (tertiary alicyclic amines) is 1. The van der Waals surface area contributed by atoms with E-state index in [1.807, 2.05) is 67.5 Å². The van der Waals surface area contributed by atoms with Crippen LogP contribution in [0.2, 0.25) is 0 Å². The lowest BCUT2D eigenvalue weighted by Gasteiger charge is -2.24. The van der Waals surface area contributed by atoms with Crippen LogP contribution in [0.4, 0.5) is 10.5 Å². The summed E-state index contributed by atoms with van der Waals surface area (Å²) >= 11 is 0. The largest absolute Gasteiger partial charge is 0.322 e. The van der Waals surface area contributed by atoms with E-state index in [2.05, 4.69) is 15.4 Å². The van der Waals surface area contributed by atoms with Gasteiger partial charge in [-0.15, -0.1) is 0 Å². The average molecular weight is 361 g/mol. The highest BCUT2D eigenvalue weighted by atomic mass is 16.2. The molecule has 1 aliphatic rings. The summed E-state index contributed by atoms with van der Waals surface area (Å²) in [6, 6.07) is 13.7. The number of benzene rings is 1. The van der Waals surface area contributed by atoms with Gasteiger partial charge >= 0.3 is 6.03 Å². The van der Waals surface area contributed by atoms with Crippen molar-refractivity contribution >= 4 is 11.7 Å². The molecule has 0 spiro atoms. The number of urea groups is 1. The molecule has 6 heteroatoms. The van der Waals surface area contributed by atoms with Crippen LogP contribution in [0.25, 0.3) is 11.3 Å². The van der Waals surface area contributed by atoms with E-state index >= 15 is 0 Å². The molecule has 0 radical (unpaired) electrons. The van der Waals surface area contributed by atoms with Gasteiger partial charge in [0.25, 0.3) is 0 Å². The van der Waals surface area contributed by atoms with E-state index in [9.17, 15) is 4.79 Å². The third-order valence-electron chi connectivity index (χ3n) is 5.02. The molecule has 1 unspecified atom stereocenters. The van der Waals surface area contributed by atoms with Crippen molar-refractivity contribution in [3.63, 3.8) is 0 Å². The summed E-state index contributed by atoms with van der Waals surface area (Å²) in [5, 5.41) is 7.54. The van der Waals surface area contributed by atoms with Crippen molar-refractivity contribution in [2.45, 2.75) is 25.8 Å². The van der Waals surface area contributed by atoms with Crippen LogP contribution in [-0.4, -0.2) is 32.2 Å². The number of carbonyl (C=O) groups is 1. The van der Waals surface area contributed by atoms with Crippen molar-refractivity contribution in [1.82, 2.24) is 19.7 Å². The first kappa shape index (κ1) is 17.3. The number of hydrogen-bond donors (Lipinski definition) is 1. The molecule has 2 aromatic heterocycles. The molecule has 3 heterocycles. The number of carbonyl (C=O) groups excluding carboxylic acids is 1. The summed E-state index contributed by atoms with van der Waals surface area (Å²) in [7, 11) is 1.90. The van der Waals surface area contributed by atoms with Crippen LogP contribution in [0.5, 0.6) is 0 Å². The van der Waals surface area contributed by atoms with Crippen LogP contribution in [0.3, 0.4) is 0 Å². The highest BCUT2D eigenvalue weighted by molar-refractivity contribution is 5.90. The Morgan fingerprint density at radius 1 is 1.22 bits per heavy atom. The first-order chi connectivity index (χ1) is 13.1. The van der Waals surface area contributed by atoms with Gasteiger partial charge in [-0.2, -0.15) is 5.10 Å². The van der Waals surface area contributed by atoms with E-state index < -0.39 is 0 Å². The van der Waals surface area contributed by atoms with Crippen LogP contribution in [0.1, 0.15) is 30.1 Å². The van der Waals surface area contributed by atoms with Crippen molar-refractivity contribution in [3.05, 3.63) is 66.1 Å². The standard InChI is InChI=1S/C21H23N5O/c1-15-8-9-16(14-17(15)18-6-3-4-11-22-18)23-21(27)26-12-5-7-20(26)19-10-13-25(2)24-19/h3-4,6,8-11,13-14,20H,5,7,12H2,1-2H3,(H,23,27). The molecule has 1 saturated heterocycles. The van der Waals surface area contributed by atoms with Crippen molar-refractivity contribution in [1.29, 1.82) is 0 Å². The molecule has 6 nitrogen and oxygen atoms in total. The predicted molar refractivity (Wildman–Crippen MR) is 105 cm³/mol. The summed E-state index contributed by atoms with van der Waals surface area (Å²) in [5.41, 5.74) is 4.77. The Bertz CT molecular complexity index is 950. The summed E-state index contributed by atoms with van der Waals surface area (Å²) in [4.78, 5) is 19.2. The molecule has 1 fully saturated rings. The third-order valence-corrected chi connectivity index (χ3v) is 5.02. The quantitative estimate of drug-likeness (QED) is 0.762. The van der Waals surface area contributed by atoms with Gasteiger partial charge in [0.2, 0.25) is 0 Å². The van der Waals surface area contributed by atoms with E-state index in [1.165, 1.54) is 0 Å². The average Bonchev–Trinajstić information content (AvgIpc) is 3.33. The summed E-state index contributed by atoms with van der Waals surface area (Å²) in [6.45, 7) is 2.79. The Morgan fingerprint density at radius 2 is 2.11 bits per heavy atom. The molecule has 1 aromatic carbocycles. The van der Waals surface area contributed by atoms with Gasteiger partial charge in [0.05, 0.1) is 17.4 Å². The zero-order valence-corrected chi connectivity index (χ0v) is 15.6. The van der Waals surface area contributed by atoms with Gasteiger partial charge in [0.1, 0.15) is 0 Å². The SMILES string of the molecule is Cc1ccc(NC(=O)N2CCCC2c2ccn(C)n2)cc1-c1ccccn1. The van der Waals surface area contributed by atoms with Crippen molar-refractivity contribution in [2.24, 2.45) is 7.05 Å². The lowest BCUT2D eigenvalue weighted by atomic mass is 10.0. The topological polar surface area (TPSA) is 63.1 Å². The van der Waals surface area contributed by atoms with E-state index in [0.717, 1.165) is 47.6 Å². The fraction of sp³-hybridized carbons (Fsp3) is 0.286. The molecule has 0 saturated carbocycles. The number of nitrogens with one attached hydrogen (secondary N) is 1. The minimum absolute atomic E-state index is 0.0342. The zero-order valence-electron chi connectivity index (χ0n) is 15.6. The lowest BCUT2D eigenvalue weighted by Crippen LogP contribution is -2.34. The number of aryl methyl sites for hydroxylation is 2. The van der Waals surface area contributed by atoms with Gasteiger partial charge in [-0.05, 0) is 55.7 Å². The molecule has 2 amide bonds. The van der Waals surface area contributed by atoms with Gasteiger partial charge in [0.15, 0.2) is 0 Å². The molecule has 4 rings (SSSR count). The fourth-order valence-corrected chi connectivity index (χ4v) is 3.62. The Hall–Kier alpha value is -3.15. The van der Waals surface area contributed by atoms with Crippen molar-refractivity contribution in [2.75, 3.05) is 11.9 Å². The number of amides is 2. The molecule has 27 heavy (non-hydrogen) atoms. The number of pyridine rings is 1. The second-order valence-corrected chi connectivity index (χ2v) is 6.94. The highest BCUT2D eigenvalue weighted by Crippen LogP contribution is 2.32. The normalized spacial score (nSPS) is 16.5. The number of anilines is 1. The number of nitrogens with zero attached hydrogens (tertiary/aromatic N) is 4. The highest BCUT2D eigenvalue weighted by Gasteiger charge is 2.31.